The summed E-state index contributed by atoms with van der Waals surface area (Å²) in [5.41, 5.74) is 2.70. The van der Waals surface area contributed by atoms with E-state index in [-0.39, 0.29) is 30.5 Å². The summed E-state index contributed by atoms with van der Waals surface area (Å²) in [7, 11) is 4.76. The van der Waals surface area contributed by atoms with Crippen LogP contribution in [0.2, 0.25) is 0 Å². The molecule has 0 saturated carbocycles. The number of hydrogen-bond donors (Lipinski definition) is 2. The fourth-order valence-corrected chi connectivity index (χ4v) is 6.09. The number of ether oxygens (including phenoxy) is 7. The van der Waals surface area contributed by atoms with Gasteiger partial charge < -0.3 is 43.6 Å². The maximum Gasteiger partial charge on any atom is 0.183 e. The van der Waals surface area contributed by atoms with Crippen LogP contribution in [0.3, 0.4) is 0 Å². The van der Waals surface area contributed by atoms with E-state index in [0.29, 0.717) is 50.6 Å². The van der Waals surface area contributed by atoms with Gasteiger partial charge in [-0.05, 0) is 65.9 Å². The van der Waals surface area contributed by atoms with Crippen LogP contribution >= 0.6 is 0 Å². The fraction of sp³-hybridized carbons (Fsp3) is 0.421. The number of benzene rings is 4. The molecule has 1 saturated heterocycles. The van der Waals surface area contributed by atoms with Gasteiger partial charge in [-0.1, -0.05) is 36.4 Å². The molecule has 48 heavy (non-hydrogen) atoms. The average molecular weight is 664 g/mol. The molecule has 0 bridgehead atoms. The Labute approximate surface area is 281 Å². The highest BCUT2D eigenvalue weighted by atomic mass is 19.1. The van der Waals surface area contributed by atoms with E-state index in [1.54, 1.807) is 27.2 Å². The van der Waals surface area contributed by atoms with Crippen molar-refractivity contribution in [3.8, 4) is 17.2 Å². The quantitative estimate of drug-likeness (QED) is 0.104. The maximum absolute atomic E-state index is 13.6. The third-order valence-electron chi connectivity index (χ3n) is 8.46. The first-order valence-electron chi connectivity index (χ1n) is 16.3. The first-order valence-corrected chi connectivity index (χ1v) is 16.3. The number of aliphatic hydroxyl groups is 1. The summed E-state index contributed by atoms with van der Waals surface area (Å²) in [5, 5.41) is 15.8. The van der Waals surface area contributed by atoms with Gasteiger partial charge in [-0.2, -0.15) is 0 Å². The predicted molar refractivity (Wildman–Crippen MR) is 181 cm³/mol. The molecule has 258 valence electrons. The largest absolute Gasteiger partial charge is 0.496 e. The summed E-state index contributed by atoms with van der Waals surface area (Å²) in [5.74, 6) is 1.66. The topological polar surface area (TPSA) is 96.9 Å². The van der Waals surface area contributed by atoms with Gasteiger partial charge in [-0.25, -0.2) is 4.39 Å². The van der Waals surface area contributed by atoms with E-state index in [0.717, 1.165) is 33.4 Å². The zero-order valence-corrected chi connectivity index (χ0v) is 28.0. The molecule has 2 N–H and O–H groups in total. The second kappa shape index (κ2) is 17.6. The number of rotatable bonds is 17. The van der Waals surface area contributed by atoms with Gasteiger partial charge in [0.15, 0.2) is 6.29 Å². The third-order valence-corrected chi connectivity index (χ3v) is 8.46. The molecular weight excluding hydrogens is 617 g/mol. The molecule has 1 fully saturated rings. The molecule has 1 heterocycles. The molecule has 4 aromatic carbocycles. The molecule has 0 amide bonds. The molecule has 0 aliphatic carbocycles. The number of aliphatic hydroxyl groups excluding tert-OH is 1. The smallest absolute Gasteiger partial charge is 0.183 e. The average Bonchev–Trinajstić information content (AvgIpc) is 3.11. The van der Waals surface area contributed by atoms with E-state index < -0.39 is 12.4 Å². The van der Waals surface area contributed by atoms with E-state index in [2.05, 4.69) is 17.4 Å². The van der Waals surface area contributed by atoms with Crippen LogP contribution in [0.25, 0.3) is 10.8 Å². The number of hydrogen-bond acceptors (Lipinski definition) is 9. The Hall–Kier alpha value is -3.77. The third kappa shape index (κ3) is 9.22. The molecule has 1 aliphatic heterocycles. The zero-order valence-electron chi connectivity index (χ0n) is 28.0. The first kappa shape index (κ1) is 35.5. The van der Waals surface area contributed by atoms with Gasteiger partial charge in [0, 0.05) is 43.5 Å². The molecule has 5 atom stereocenters. The molecule has 5 rings (SSSR count). The SMILES string of the molecule is COc1ccc(F)cc1COCCCOc1ccc([C@@H]2[C@@H](OCc3cc(OC)c4ccccc4c3)CNC[C@H]2OC(OC)C(C)O)cc1. The van der Waals surface area contributed by atoms with Gasteiger partial charge in [0.25, 0.3) is 0 Å². The molecule has 1 aliphatic rings. The van der Waals surface area contributed by atoms with Gasteiger partial charge in [0.1, 0.15) is 29.2 Å². The molecule has 4 aromatic rings. The van der Waals surface area contributed by atoms with Crippen molar-refractivity contribution in [2.45, 2.75) is 57.1 Å². The molecule has 9 nitrogen and oxygen atoms in total. The highest BCUT2D eigenvalue weighted by Crippen LogP contribution is 2.34. The van der Waals surface area contributed by atoms with Crippen molar-refractivity contribution in [3.05, 3.63) is 101 Å². The van der Waals surface area contributed by atoms with Gasteiger partial charge in [-0.3, -0.25) is 0 Å². The predicted octanol–water partition coefficient (Wildman–Crippen LogP) is 5.99. The molecule has 0 radical (unpaired) electrons. The summed E-state index contributed by atoms with van der Waals surface area (Å²) in [6.07, 6.45) is -1.48. The van der Waals surface area contributed by atoms with E-state index in [4.69, 9.17) is 33.2 Å². The van der Waals surface area contributed by atoms with Crippen LogP contribution < -0.4 is 19.5 Å². The Morgan fingerprint density at radius 2 is 1.62 bits per heavy atom. The van der Waals surface area contributed by atoms with Crippen molar-refractivity contribution in [2.75, 3.05) is 47.6 Å². The van der Waals surface area contributed by atoms with Crippen molar-refractivity contribution in [3.63, 3.8) is 0 Å². The summed E-state index contributed by atoms with van der Waals surface area (Å²) < 4.78 is 54.7. The number of piperidine rings is 1. The molecule has 0 spiro atoms. The highest BCUT2D eigenvalue weighted by molar-refractivity contribution is 5.89. The van der Waals surface area contributed by atoms with Gasteiger partial charge in [-0.15, -0.1) is 0 Å². The highest BCUT2D eigenvalue weighted by Gasteiger charge is 2.38. The van der Waals surface area contributed by atoms with E-state index >= 15 is 0 Å². The Kier molecular flexibility index (Phi) is 13.0. The molecule has 0 aromatic heterocycles. The summed E-state index contributed by atoms with van der Waals surface area (Å²) >= 11 is 0. The normalized spacial score (nSPS) is 19.2. The minimum absolute atomic E-state index is 0.146. The van der Waals surface area contributed by atoms with Gasteiger partial charge in [0.05, 0.1) is 52.9 Å². The van der Waals surface area contributed by atoms with Crippen molar-refractivity contribution < 1.29 is 42.7 Å². The number of methoxy groups -OCH3 is 3. The summed E-state index contributed by atoms with van der Waals surface area (Å²) in [6, 6.07) is 24.6. The Bertz CT molecular complexity index is 1580. The molecule has 2 unspecified atom stereocenters. The van der Waals surface area contributed by atoms with E-state index in [1.807, 2.05) is 48.5 Å². The zero-order chi connectivity index (χ0) is 33.9. The van der Waals surface area contributed by atoms with Crippen molar-refractivity contribution in [1.82, 2.24) is 5.32 Å². The van der Waals surface area contributed by atoms with Crippen LogP contribution in [-0.2, 0) is 32.2 Å². The maximum atomic E-state index is 13.6. The molecule has 10 heteroatoms. The molecular formula is C38H46FNO8. The van der Waals surface area contributed by atoms with Gasteiger partial charge in [0.2, 0.25) is 0 Å². The lowest BCUT2D eigenvalue weighted by molar-refractivity contribution is -0.213. The number of halogens is 1. The van der Waals surface area contributed by atoms with Crippen molar-refractivity contribution in [1.29, 1.82) is 0 Å². The van der Waals surface area contributed by atoms with Crippen LogP contribution in [0.15, 0.2) is 78.9 Å². The second-order valence-electron chi connectivity index (χ2n) is 11.9. The standard InChI is InChI=1S/C38H46FNO8/c1-25(41)38(44-4)48-36-22-40-21-35(47-23-26-18-28-8-5-6-9-32(28)34(19-26)43-3)37(36)27-10-13-31(14-11-27)46-17-7-16-45-24-29-20-30(39)12-15-33(29)42-2/h5-6,8-15,18-20,25,35-38,40-41H,7,16-17,21-24H2,1-4H3/t25?,35-,36+,37+,38?/m0/s1. The van der Waals surface area contributed by atoms with E-state index in [9.17, 15) is 9.50 Å². The lowest BCUT2D eigenvalue weighted by Crippen LogP contribution is -2.52. The summed E-state index contributed by atoms with van der Waals surface area (Å²) in [4.78, 5) is 0. The minimum Gasteiger partial charge on any atom is -0.496 e. The Morgan fingerprint density at radius 1 is 0.854 bits per heavy atom. The summed E-state index contributed by atoms with van der Waals surface area (Å²) in [6.45, 7) is 4.40. The van der Waals surface area contributed by atoms with Crippen molar-refractivity contribution >= 4 is 10.8 Å². The van der Waals surface area contributed by atoms with Gasteiger partial charge >= 0.3 is 0 Å². The fourth-order valence-electron chi connectivity index (χ4n) is 6.09. The monoisotopic (exact) mass is 663 g/mol. The Morgan fingerprint density at radius 3 is 2.38 bits per heavy atom. The lowest BCUT2D eigenvalue weighted by Gasteiger charge is -2.40. The van der Waals surface area contributed by atoms with Crippen LogP contribution in [0.1, 0.15) is 36.0 Å². The Balaban J connectivity index is 1.22. The number of nitrogens with one attached hydrogen (secondary N) is 1. The minimum atomic E-state index is -0.808. The van der Waals surface area contributed by atoms with E-state index in [1.165, 1.54) is 19.2 Å². The van der Waals surface area contributed by atoms with Crippen LogP contribution in [0, 0.1) is 5.82 Å². The lowest BCUT2D eigenvalue weighted by atomic mass is 9.85. The van der Waals surface area contributed by atoms with Crippen LogP contribution in [0.4, 0.5) is 4.39 Å². The first-order chi connectivity index (χ1) is 23.4. The van der Waals surface area contributed by atoms with Crippen LogP contribution in [0.5, 0.6) is 17.2 Å². The van der Waals surface area contributed by atoms with Crippen molar-refractivity contribution in [2.24, 2.45) is 0 Å². The number of fused-ring (bicyclic) bond motifs is 1. The van der Waals surface area contributed by atoms with Crippen LogP contribution in [-0.4, -0.2) is 77.3 Å². The second-order valence-corrected chi connectivity index (χ2v) is 11.9.